The molecule has 0 saturated carbocycles. The quantitative estimate of drug-likeness (QED) is 0.252. The van der Waals surface area contributed by atoms with Crippen molar-refractivity contribution in [2.45, 2.75) is 31.8 Å². The van der Waals surface area contributed by atoms with Crippen LogP contribution in [0.4, 0.5) is 4.79 Å². The summed E-state index contributed by atoms with van der Waals surface area (Å²) in [5.41, 5.74) is 0.461. The number of benzene rings is 2. The van der Waals surface area contributed by atoms with Crippen LogP contribution in [-0.4, -0.2) is 56.8 Å². The van der Waals surface area contributed by atoms with Crippen molar-refractivity contribution < 1.29 is 41.2 Å². The molecule has 0 atom stereocenters. The van der Waals surface area contributed by atoms with Crippen molar-refractivity contribution in [3.8, 4) is 17.2 Å². The standard InChI is InChI=1S/C24H25NO9S2/c1-5-32-20-12-16(13-21-23(27)25(24(28)35-21)14-22(26)33-15(2)3)6-11-19(20)34-36(29,30)18-9-7-17(31-4)8-10-18/h6-13,15H,5,14H2,1-4H3/b21-13-. The monoisotopic (exact) mass is 535 g/mol. The Bertz CT molecular complexity index is 1290. The molecule has 0 spiro atoms. The number of thioether (sulfide) groups is 1. The third kappa shape index (κ3) is 6.58. The fourth-order valence-corrected chi connectivity index (χ4v) is 4.86. The SMILES string of the molecule is CCOc1cc(/C=C2\SC(=O)N(CC(=O)OC(C)C)C2=O)ccc1OS(=O)(=O)c1ccc(OC)cc1. The summed E-state index contributed by atoms with van der Waals surface area (Å²) in [5, 5.41) is -0.595. The van der Waals surface area contributed by atoms with Crippen molar-refractivity contribution in [1.82, 2.24) is 4.90 Å². The first-order valence-electron chi connectivity index (χ1n) is 10.8. The van der Waals surface area contributed by atoms with Crippen LogP contribution in [0.15, 0.2) is 52.3 Å². The van der Waals surface area contributed by atoms with Gasteiger partial charge in [-0.15, -0.1) is 0 Å². The van der Waals surface area contributed by atoms with E-state index in [0.717, 1.165) is 4.90 Å². The second-order valence-electron chi connectivity index (χ2n) is 7.66. The van der Waals surface area contributed by atoms with Crippen molar-refractivity contribution in [3.63, 3.8) is 0 Å². The highest BCUT2D eigenvalue weighted by Gasteiger charge is 2.36. The van der Waals surface area contributed by atoms with E-state index in [2.05, 4.69) is 0 Å². The Morgan fingerprint density at radius 1 is 1.08 bits per heavy atom. The van der Waals surface area contributed by atoms with Gasteiger partial charge in [0.05, 0.1) is 24.7 Å². The summed E-state index contributed by atoms with van der Waals surface area (Å²) in [6.07, 6.45) is 1.07. The van der Waals surface area contributed by atoms with Crippen molar-refractivity contribution in [2.75, 3.05) is 20.3 Å². The average molecular weight is 536 g/mol. The summed E-state index contributed by atoms with van der Waals surface area (Å²) in [7, 11) is -2.69. The highest BCUT2D eigenvalue weighted by atomic mass is 32.2. The van der Waals surface area contributed by atoms with Gasteiger partial charge in [-0.1, -0.05) is 6.07 Å². The van der Waals surface area contributed by atoms with E-state index >= 15 is 0 Å². The van der Waals surface area contributed by atoms with E-state index in [9.17, 15) is 22.8 Å². The minimum absolute atomic E-state index is 0.0469. The molecule has 0 bridgehead atoms. The van der Waals surface area contributed by atoms with Crippen LogP contribution in [0.2, 0.25) is 0 Å². The third-order valence-electron chi connectivity index (χ3n) is 4.64. The summed E-state index contributed by atoms with van der Waals surface area (Å²) >= 11 is 0.684. The first kappa shape index (κ1) is 27.1. The lowest BCUT2D eigenvalue weighted by atomic mass is 10.2. The number of methoxy groups -OCH3 is 1. The molecule has 1 heterocycles. The molecule has 1 aliphatic heterocycles. The van der Waals surface area contributed by atoms with E-state index in [1.165, 1.54) is 55.7 Å². The Morgan fingerprint density at radius 3 is 2.39 bits per heavy atom. The molecule has 0 N–H and O–H groups in total. The lowest BCUT2D eigenvalue weighted by Crippen LogP contribution is -2.35. The maximum Gasteiger partial charge on any atom is 0.339 e. The molecule has 192 valence electrons. The molecule has 2 aromatic carbocycles. The summed E-state index contributed by atoms with van der Waals surface area (Å²) in [6, 6.07) is 10.1. The highest BCUT2D eigenvalue weighted by Crippen LogP contribution is 2.35. The molecule has 3 rings (SSSR count). The zero-order valence-electron chi connectivity index (χ0n) is 20.0. The number of esters is 1. The molecule has 1 aliphatic rings. The van der Waals surface area contributed by atoms with E-state index in [1.54, 1.807) is 20.8 Å². The summed E-state index contributed by atoms with van der Waals surface area (Å²) < 4.78 is 46.4. The minimum Gasteiger partial charge on any atom is -0.497 e. The van der Waals surface area contributed by atoms with Crippen molar-refractivity contribution in [1.29, 1.82) is 0 Å². The molecule has 2 amide bonds. The average Bonchev–Trinajstić information content (AvgIpc) is 3.07. The molecule has 10 nitrogen and oxygen atoms in total. The molecular formula is C24H25NO9S2. The number of carbonyl (C=O) groups is 3. The fourth-order valence-electron chi connectivity index (χ4n) is 3.08. The zero-order valence-corrected chi connectivity index (χ0v) is 21.7. The van der Waals surface area contributed by atoms with Gasteiger partial charge in [0.15, 0.2) is 11.5 Å². The second-order valence-corrected chi connectivity index (χ2v) is 10.2. The number of amides is 2. The number of nitrogens with zero attached hydrogens (tertiary/aromatic N) is 1. The van der Waals surface area contributed by atoms with Gasteiger partial charge in [0.25, 0.3) is 11.1 Å². The molecule has 0 aliphatic carbocycles. The van der Waals surface area contributed by atoms with Crippen molar-refractivity contribution in [3.05, 3.63) is 52.9 Å². The molecule has 1 fully saturated rings. The largest absolute Gasteiger partial charge is 0.497 e. The van der Waals surface area contributed by atoms with Crippen LogP contribution >= 0.6 is 11.8 Å². The molecule has 0 aromatic heterocycles. The van der Waals surface area contributed by atoms with Crippen LogP contribution in [0.1, 0.15) is 26.3 Å². The molecular weight excluding hydrogens is 510 g/mol. The van der Waals surface area contributed by atoms with E-state index in [0.29, 0.717) is 23.1 Å². The predicted molar refractivity (Wildman–Crippen MR) is 132 cm³/mol. The summed E-state index contributed by atoms with van der Waals surface area (Å²) in [6.45, 7) is 4.78. The Hall–Kier alpha value is -3.51. The van der Waals surface area contributed by atoms with Crippen molar-refractivity contribution in [2.24, 2.45) is 0 Å². The molecule has 12 heteroatoms. The van der Waals surface area contributed by atoms with E-state index in [4.69, 9.17) is 18.4 Å². The number of ether oxygens (including phenoxy) is 3. The fraction of sp³-hybridized carbons (Fsp3) is 0.292. The molecule has 0 radical (unpaired) electrons. The van der Waals surface area contributed by atoms with Gasteiger partial charge in [0.2, 0.25) is 0 Å². The molecule has 36 heavy (non-hydrogen) atoms. The third-order valence-corrected chi connectivity index (χ3v) is 6.80. The van der Waals surface area contributed by atoms with E-state index < -0.39 is 33.8 Å². The number of rotatable bonds is 10. The molecule has 0 unspecified atom stereocenters. The number of imide groups is 1. The Morgan fingerprint density at radius 2 is 1.78 bits per heavy atom. The van der Waals surface area contributed by atoms with Crippen molar-refractivity contribution >= 4 is 45.1 Å². The van der Waals surface area contributed by atoms with Crippen LogP contribution in [0.25, 0.3) is 6.08 Å². The molecule has 1 saturated heterocycles. The van der Waals surface area contributed by atoms with E-state index in [-0.39, 0.29) is 34.0 Å². The second kappa shape index (κ2) is 11.5. The van der Waals surface area contributed by atoms with Gasteiger partial charge in [-0.25, -0.2) is 0 Å². The highest BCUT2D eigenvalue weighted by molar-refractivity contribution is 8.18. The van der Waals surface area contributed by atoms with Gasteiger partial charge in [-0.2, -0.15) is 8.42 Å². The van der Waals surface area contributed by atoms with Crippen LogP contribution in [0.3, 0.4) is 0 Å². The maximum atomic E-state index is 12.7. The van der Waals surface area contributed by atoms with Crippen LogP contribution in [0, 0.1) is 0 Å². The number of carbonyl (C=O) groups excluding carboxylic acids is 3. The zero-order chi connectivity index (χ0) is 26.5. The van der Waals surface area contributed by atoms with Gasteiger partial charge in [-0.3, -0.25) is 19.3 Å². The van der Waals surface area contributed by atoms with Gasteiger partial charge < -0.3 is 18.4 Å². The normalized spacial score (nSPS) is 14.9. The van der Waals surface area contributed by atoms with Gasteiger partial charge >= 0.3 is 16.1 Å². The summed E-state index contributed by atoms with van der Waals surface area (Å²) in [5.74, 6) is -0.746. The predicted octanol–water partition coefficient (Wildman–Crippen LogP) is 3.85. The lowest BCUT2D eigenvalue weighted by molar-refractivity contribution is -0.149. The maximum absolute atomic E-state index is 12.7. The minimum atomic E-state index is -4.16. The van der Waals surface area contributed by atoms with Gasteiger partial charge in [0, 0.05) is 0 Å². The topological polar surface area (TPSA) is 126 Å². The molecule has 2 aromatic rings. The summed E-state index contributed by atoms with van der Waals surface area (Å²) in [4.78, 5) is 37.7. The van der Waals surface area contributed by atoms with Gasteiger partial charge in [-0.05, 0) is 80.6 Å². The number of hydrogen-bond donors (Lipinski definition) is 0. The van der Waals surface area contributed by atoms with Crippen LogP contribution in [0.5, 0.6) is 17.2 Å². The van der Waals surface area contributed by atoms with E-state index in [1.807, 2.05) is 0 Å². The first-order chi connectivity index (χ1) is 17.0. The van der Waals surface area contributed by atoms with Crippen LogP contribution in [-0.2, 0) is 24.4 Å². The Balaban J connectivity index is 1.82. The lowest BCUT2D eigenvalue weighted by Gasteiger charge is -2.13. The Labute approximate surface area is 213 Å². The first-order valence-corrected chi connectivity index (χ1v) is 13.1. The van der Waals surface area contributed by atoms with Gasteiger partial charge in [0.1, 0.15) is 17.2 Å². The Kier molecular flexibility index (Phi) is 8.64. The van der Waals surface area contributed by atoms with Crippen LogP contribution < -0.4 is 13.7 Å². The number of hydrogen-bond acceptors (Lipinski definition) is 10. The smallest absolute Gasteiger partial charge is 0.339 e.